The minimum Gasteiger partial charge on any atom is -0.480 e. The Morgan fingerprint density at radius 1 is 1.80 bits per heavy atom. The van der Waals surface area contributed by atoms with Crippen LogP contribution in [0.3, 0.4) is 0 Å². The number of rotatable bonds is 1. The molecular weight excluding hydrogens is 324 g/mol. The smallest absolute Gasteiger partial charge is 0.321 e. The molecule has 5 heteroatoms. The molecule has 3 nitrogen and oxygen atoms in total. The molecule has 0 aliphatic carbocycles. The van der Waals surface area contributed by atoms with Gasteiger partial charge in [0.25, 0.3) is 0 Å². The van der Waals surface area contributed by atoms with Gasteiger partial charge in [0.05, 0.1) is 5.37 Å². The molecule has 1 saturated heterocycles. The molecule has 0 aromatic rings. The maximum absolute atomic E-state index is 10.3. The summed E-state index contributed by atoms with van der Waals surface area (Å²) in [7, 11) is 0. The SMILES string of the molecule is CC1NC(C(=O)O)CS1.[Re]. The summed E-state index contributed by atoms with van der Waals surface area (Å²) < 4.78 is 0. The van der Waals surface area contributed by atoms with Gasteiger partial charge < -0.3 is 5.11 Å². The normalized spacial score (nSPS) is 31.3. The molecular formula is C5H9NO2ReS. The van der Waals surface area contributed by atoms with Crippen LogP contribution in [0.4, 0.5) is 0 Å². The van der Waals surface area contributed by atoms with Gasteiger partial charge in [0.15, 0.2) is 0 Å². The van der Waals surface area contributed by atoms with Crippen LogP contribution < -0.4 is 5.32 Å². The first-order valence-electron chi connectivity index (χ1n) is 2.80. The number of aliphatic carboxylic acids is 1. The van der Waals surface area contributed by atoms with E-state index in [1.54, 1.807) is 11.8 Å². The molecule has 10 heavy (non-hydrogen) atoms. The van der Waals surface area contributed by atoms with E-state index >= 15 is 0 Å². The fourth-order valence-electron chi connectivity index (χ4n) is 0.763. The van der Waals surface area contributed by atoms with Crippen molar-refractivity contribution in [2.45, 2.75) is 18.3 Å². The average Bonchev–Trinajstić information content (AvgIpc) is 2.14. The third kappa shape index (κ3) is 2.59. The van der Waals surface area contributed by atoms with Gasteiger partial charge in [-0.3, -0.25) is 10.1 Å². The summed E-state index contributed by atoms with van der Waals surface area (Å²) in [6.45, 7) is 1.97. The van der Waals surface area contributed by atoms with Crippen LogP contribution in [0, 0.1) is 0 Å². The van der Waals surface area contributed by atoms with Gasteiger partial charge in [-0.05, 0) is 6.92 Å². The van der Waals surface area contributed by atoms with Crippen LogP contribution in [0.2, 0.25) is 0 Å². The van der Waals surface area contributed by atoms with E-state index in [-0.39, 0.29) is 26.5 Å². The van der Waals surface area contributed by atoms with Gasteiger partial charge in [0, 0.05) is 26.2 Å². The molecule has 1 heterocycles. The summed E-state index contributed by atoms with van der Waals surface area (Å²) in [6, 6.07) is -0.329. The van der Waals surface area contributed by atoms with Crippen LogP contribution in [-0.2, 0) is 25.2 Å². The molecule has 0 bridgehead atoms. The van der Waals surface area contributed by atoms with Crippen molar-refractivity contribution < 1.29 is 30.3 Å². The van der Waals surface area contributed by atoms with Crippen LogP contribution in [0.25, 0.3) is 0 Å². The van der Waals surface area contributed by atoms with Gasteiger partial charge in [-0.2, -0.15) is 0 Å². The molecule has 2 unspecified atom stereocenters. The van der Waals surface area contributed by atoms with E-state index in [9.17, 15) is 4.79 Å². The summed E-state index contributed by atoms with van der Waals surface area (Å²) in [5.74, 6) is -0.0527. The van der Waals surface area contributed by atoms with Crippen molar-refractivity contribution in [3.63, 3.8) is 0 Å². The van der Waals surface area contributed by atoms with E-state index in [2.05, 4.69) is 5.32 Å². The number of hydrogen-bond donors (Lipinski definition) is 2. The van der Waals surface area contributed by atoms with E-state index in [1.807, 2.05) is 6.92 Å². The first-order chi connectivity index (χ1) is 4.20. The van der Waals surface area contributed by atoms with E-state index < -0.39 is 5.97 Å². The molecule has 0 aromatic heterocycles. The summed E-state index contributed by atoms with van der Waals surface area (Å²) in [6.07, 6.45) is 0. The molecule has 0 saturated carbocycles. The quantitative estimate of drug-likeness (QED) is 0.716. The minimum absolute atomic E-state index is 0. The molecule has 0 spiro atoms. The second-order valence-electron chi connectivity index (χ2n) is 2.03. The Balaban J connectivity index is 0.000000810. The van der Waals surface area contributed by atoms with Crippen molar-refractivity contribution in [2.24, 2.45) is 0 Å². The Bertz CT molecular complexity index is 133. The predicted molar refractivity (Wildman–Crippen MR) is 36.5 cm³/mol. The van der Waals surface area contributed by atoms with Gasteiger partial charge in [-0.25, -0.2) is 0 Å². The van der Waals surface area contributed by atoms with Crippen molar-refractivity contribution in [2.75, 3.05) is 5.75 Å². The third-order valence-electron chi connectivity index (χ3n) is 1.25. The molecule has 1 fully saturated rings. The van der Waals surface area contributed by atoms with E-state index in [0.717, 1.165) is 0 Å². The molecule has 59 valence electrons. The Hall–Kier alpha value is 0.442. The van der Waals surface area contributed by atoms with Gasteiger partial charge in [0.2, 0.25) is 0 Å². The monoisotopic (exact) mass is 334 g/mol. The molecule has 1 rings (SSSR count). The van der Waals surface area contributed by atoms with Crippen molar-refractivity contribution in [3.05, 3.63) is 0 Å². The van der Waals surface area contributed by atoms with E-state index in [0.29, 0.717) is 11.1 Å². The Labute approximate surface area is 77.6 Å². The molecule has 1 radical (unpaired) electrons. The van der Waals surface area contributed by atoms with Crippen LogP contribution in [-0.4, -0.2) is 28.2 Å². The van der Waals surface area contributed by atoms with E-state index in [4.69, 9.17) is 5.11 Å². The zero-order chi connectivity index (χ0) is 6.85. The number of carbonyl (C=O) groups is 1. The number of carboxylic acid groups (broad SMARTS) is 1. The topological polar surface area (TPSA) is 49.3 Å². The second-order valence-corrected chi connectivity index (χ2v) is 3.41. The summed E-state index contributed by atoms with van der Waals surface area (Å²) >= 11 is 1.64. The molecule has 1 aliphatic heterocycles. The van der Waals surface area contributed by atoms with Crippen molar-refractivity contribution in [1.29, 1.82) is 0 Å². The van der Waals surface area contributed by atoms with Gasteiger partial charge in [0.1, 0.15) is 6.04 Å². The van der Waals surface area contributed by atoms with Crippen molar-refractivity contribution in [3.8, 4) is 0 Å². The molecule has 2 N–H and O–H groups in total. The van der Waals surface area contributed by atoms with Crippen LogP contribution in [0.1, 0.15) is 6.92 Å². The van der Waals surface area contributed by atoms with Crippen LogP contribution in [0.15, 0.2) is 0 Å². The average molecular weight is 333 g/mol. The Morgan fingerprint density at radius 3 is 2.60 bits per heavy atom. The molecule has 0 amide bonds. The maximum Gasteiger partial charge on any atom is 0.321 e. The summed E-state index contributed by atoms with van der Waals surface area (Å²) in [4.78, 5) is 10.3. The summed E-state index contributed by atoms with van der Waals surface area (Å²) in [5, 5.41) is 11.7. The Kier molecular flexibility index (Phi) is 4.54. The standard InChI is InChI=1S/C5H9NO2S.Re/c1-3-6-4(2-9-3)5(7)8;/h3-4,6H,2H2,1H3,(H,7,8);. The second kappa shape index (κ2) is 4.35. The van der Waals surface area contributed by atoms with Gasteiger partial charge in [-0.1, -0.05) is 0 Å². The maximum atomic E-state index is 10.3. The first kappa shape index (κ1) is 10.4. The van der Waals surface area contributed by atoms with Crippen molar-refractivity contribution in [1.82, 2.24) is 5.32 Å². The molecule has 1 aliphatic rings. The largest absolute Gasteiger partial charge is 0.480 e. The van der Waals surface area contributed by atoms with Gasteiger partial charge >= 0.3 is 5.97 Å². The zero-order valence-corrected chi connectivity index (χ0v) is 9.04. The zero-order valence-electron chi connectivity index (χ0n) is 5.50. The van der Waals surface area contributed by atoms with Crippen molar-refractivity contribution >= 4 is 17.7 Å². The van der Waals surface area contributed by atoms with Gasteiger partial charge in [-0.15, -0.1) is 11.8 Å². The fraction of sp³-hybridized carbons (Fsp3) is 0.800. The summed E-state index contributed by atoms with van der Waals surface area (Å²) in [5.41, 5.74) is 0. The minimum atomic E-state index is -0.744. The number of nitrogens with one attached hydrogen (secondary N) is 1. The molecule has 2 atom stereocenters. The van der Waals surface area contributed by atoms with Crippen LogP contribution in [0.5, 0.6) is 0 Å². The Morgan fingerprint density at radius 2 is 2.40 bits per heavy atom. The molecule has 0 aromatic carbocycles. The first-order valence-corrected chi connectivity index (χ1v) is 3.85. The van der Waals surface area contributed by atoms with Crippen LogP contribution >= 0.6 is 11.8 Å². The number of hydrogen-bond acceptors (Lipinski definition) is 3. The van der Waals surface area contributed by atoms with E-state index in [1.165, 1.54) is 0 Å². The number of carboxylic acids is 1. The third-order valence-corrected chi connectivity index (χ3v) is 2.41. The fourth-order valence-corrected chi connectivity index (χ4v) is 1.74. The number of thioether (sulfide) groups is 1. The predicted octanol–water partition coefficient (Wildman–Crippen LogP) is 0.120.